The number of nitrogens with one attached hydrogen (secondary N) is 1. The molecule has 1 heterocycles. The van der Waals surface area contributed by atoms with E-state index in [9.17, 15) is 0 Å². The van der Waals surface area contributed by atoms with E-state index in [-0.39, 0.29) is 0 Å². The van der Waals surface area contributed by atoms with Crippen molar-refractivity contribution in [1.82, 2.24) is 5.32 Å². The average Bonchev–Trinajstić information content (AvgIpc) is 2.58. The molecule has 0 aromatic heterocycles. The molecule has 1 heteroatoms. The van der Waals surface area contributed by atoms with Gasteiger partial charge in [-0.25, -0.2) is 0 Å². The second-order valence-corrected chi connectivity index (χ2v) is 4.43. The Morgan fingerprint density at radius 1 is 1.64 bits per heavy atom. The van der Waals surface area contributed by atoms with E-state index in [4.69, 9.17) is 0 Å². The summed E-state index contributed by atoms with van der Waals surface area (Å²) in [5, 5.41) is 3.55. The Kier molecular flexibility index (Phi) is 1.40. The maximum absolute atomic E-state index is 4.03. The largest absolute Gasteiger partial charge is 0.305 e. The summed E-state index contributed by atoms with van der Waals surface area (Å²) in [6.07, 6.45) is 4.01. The molecule has 1 saturated heterocycles. The van der Waals surface area contributed by atoms with E-state index in [0.717, 1.165) is 12.0 Å². The van der Waals surface area contributed by atoms with Gasteiger partial charge in [0.05, 0.1) is 0 Å². The maximum Gasteiger partial charge on any atom is 0.0310 e. The van der Waals surface area contributed by atoms with Crippen LogP contribution in [-0.4, -0.2) is 11.6 Å². The molecule has 1 nitrogen and oxygen atoms in total. The summed E-state index contributed by atoms with van der Waals surface area (Å²) in [5.41, 5.74) is 1.90. The first-order chi connectivity index (χ1) is 5.12. The Morgan fingerprint density at radius 3 is 2.91 bits per heavy atom. The highest BCUT2D eigenvalue weighted by Gasteiger charge is 2.52. The third-order valence-electron chi connectivity index (χ3n) is 3.42. The van der Waals surface area contributed by atoms with Gasteiger partial charge in [-0.2, -0.15) is 0 Å². The molecule has 2 aliphatic rings. The smallest absolute Gasteiger partial charge is 0.0310 e. The zero-order valence-electron chi connectivity index (χ0n) is 7.48. The maximum atomic E-state index is 4.03. The van der Waals surface area contributed by atoms with E-state index in [1.54, 1.807) is 0 Å². The minimum Gasteiger partial charge on any atom is -0.305 e. The van der Waals surface area contributed by atoms with E-state index in [2.05, 4.69) is 25.7 Å². The first-order valence-corrected chi connectivity index (χ1v) is 4.55. The Hall–Kier alpha value is -0.300. The molecule has 0 aromatic rings. The zero-order chi connectivity index (χ0) is 8.06. The summed E-state index contributed by atoms with van der Waals surface area (Å²) in [6, 6.07) is 0.804. The lowest BCUT2D eigenvalue weighted by Gasteiger charge is -2.23. The Morgan fingerprint density at radius 2 is 2.36 bits per heavy atom. The number of rotatable bonds is 1. The lowest BCUT2D eigenvalue weighted by molar-refractivity contribution is 0.396. The molecule has 11 heavy (non-hydrogen) atoms. The highest BCUT2D eigenvalue weighted by molar-refractivity contribution is 5.17. The number of fused-ring (bicyclic) bond motifs is 1. The molecule has 0 aromatic carbocycles. The molecule has 2 fully saturated rings. The highest BCUT2D eigenvalue weighted by Crippen LogP contribution is 2.43. The minimum absolute atomic E-state index is 0.520. The van der Waals surface area contributed by atoms with Crippen molar-refractivity contribution in [1.29, 1.82) is 0 Å². The topological polar surface area (TPSA) is 21.9 Å². The number of hydrogen-bond acceptors (Lipinski definition) is 1. The lowest BCUT2D eigenvalue weighted by atomic mass is 9.80. The van der Waals surface area contributed by atoms with E-state index in [0.29, 0.717) is 5.54 Å². The molecule has 0 radical (unpaired) electrons. The molecule has 0 bridgehead atoms. The summed E-state index contributed by atoms with van der Waals surface area (Å²) >= 11 is 0. The Balaban J connectivity index is 1.98. The van der Waals surface area contributed by atoms with Crippen LogP contribution in [0, 0.1) is 5.92 Å². The molecule has 1 aliphatic heterocycles. The SMILES string of the molecule is C=C(C)[C@H]1CC[C@]2(C)N[C@H]2C1. The molecule has 2 rings (SSSR count). The van der Waals surface area contributed by atoms with Gasteiger partial charge in [0.1, 0.15) is 0 Å². The van der Waals surface area contributed by atoms with E-state index in [1.807, 2.05) is 0 Å². The van der Waals surface area contributed by atoms with Crippen molar-refractivity contribution in [2.24, 2.45) is 5.92 Å². The molecule has 0 amide bonds. The van der Waals surface area contributed by atoms with Gasteiger partial charge in [0.15, 0.2) is 0 Å². The molecule has 1 N–H and O–H groups in total. The van der Waals surface area contributed by atoms with Gasteiger partial charge in [0.2, 0.25) is 0 Å². The number of allylic oxidation sites excluding steroid dienone is 1. The van der Waals surface area contributed by atoms with Crippen molar-refractivity contribution in [2.45, 2.75) is 44.7 Å². The third-order valence-corrected chi connectivity index (χ3v) is 3.42. The van der Waals surface area contributed by atoms with Crippen LogP contribution in [-0.2, 0) is 0 Å². The van der Waals surface area contributed by atoms with Crippen LogP contribution in [0.1, 0.15) is 33.1 Å². The molecule has 0 spiro atoms. The fraction of sp³-hybridized carbons (Fsp3) is 0.800. The second-order valence-electron chi connectivity index (χ2n) is 4.43. The zero-order valence-corrected chi connectivity index (χ0v) is 7.48. The predicted molar refractivity (Wildman–Crippen MR) is 47.5 cm³/mol. The standard InChI is InChI=1S/C10H17N/c1-7(2)8-4-5-10(3)9(6-8)11-10/h8-9,11H,1,4-6H2,2-3H3/t8-,9-,10-/m0/s1. The highest BCUT2D eigenvalue weighted by atomic mass is 15.2. The van der Waals surface area contributed by atoms with Crippen LogP contribution >= 0.6 is 0 Å². The van der Waals surface area contributed by atoms with Gasteiger partial charge >= 0.3 is 0 Å². The van der Waals surface area contributed by atoms with Crippen LogP contribution in [0.4, 0.5) is 0 Å². The third kappa shape index (κ3) is 1.12. The van der Waals surface area contributed by atoms with Gasteiger partial charge in [-0.05, 0) is 39.0 Å². The minimum atomic E-state index is 0.520. The summed E-state index contributed by atoms with van der Waals surface area (Å²) in [6.45, 7) is 8.53. The van der Waals surface area contributed by atoms with Crippen molar-refractivity contribution in [2.75, 3.05) is 0 Å². The fourth-order valence-corrected chi connectivity index (χ4v) is 2.25. The van der Waals surface area contributed by atoms with Crippen LogP contribution < -0.4 is 5.32 Å². The normalized spacial score (nSPS) is 48.2. The summed E-state index contributed by atoms with van der Waals surface area (Å²) in [7, 11) is 0. The Bertz CT molecular complexity index is 197. The van der Waals surface area contributed by atoms with Crippen molar-refractivity contribution in [3.63, 3.8) is 0 Å². The summed E-state index contributed by atoms with van der Waals surface area (Å²) in [4.78, 5) is 0. The van der Waals surface area contributed by atoms with Crippen molar-refractivity contribution >= 4 is 0 Å². The van der Waals surface area contributed by atoms with Crippen LogP contribution in [0.5, 0.6) is 0 Å². The average molecular weight is 151 g/mol. The van der Waals surface area contributed by atoms with Crippen LogP contribution in [0.15, 0.2) is 12.2 Å². The molecule has 62 valence electrons. The van der Waals surface area contributed by atoms with E-state index in [1.165, 1.54) is 24.8 Å². The summed E-state index contributed by atoms with van der Waals surface area (Å²) < 4.78 is 0. The van der Waals surface area contributed by atoms with E-state index >= 15 is 0 Å². The predicted octanol–water partition coefficient (Wildman–Crippen LogP) is 2.09. The number of hydrogen-bond donors (Lipinski definition) is 1. The quantitative estimate of drug-likeness (QED) is 0.450. The second kappa shape index (κ2) is 2.10. The molecule has 1 saturated carbocycles. The fourth-order valence-electron chi connectivity index (χ4n) is 2.25. The first kappa shape index (κ1) is 7.35. The monoisotopic (exact) mass is 151 g/mol. The molecule has 1 aliphatic carbocycles. The van der Waals surface area contributed by atoms with E-state index < -0.39 is 0 Å². The van der Waals surface area contributed by atoms with Gasteiger partial charge < -0.3 is 5.32 Å². The van der Waals surface area contributed by atoms with Gasteiger partial charge in [0, 0.05) is 11.6 Å². The molecule has 0 unspecified atom stereocenters. The lowest BCUT2D eigenvalue weighted by Crippen LogP contribution is -2.21. The molecular formula is C10H17N. The molecular weight excluding hydrogens is 134 g/mol. The van der Waals surface area contributed by atoms with Crippen LogP contribution in [0.3, 0.4) is 0 Å². The summed E-state index contributed by atoms with van der Waals surface area (Å²) in [5.74, 6) is 0.795. The first-order valence-electron chi connectivity index (χ1n) is 4.55. The van der Waals surface area contributed by atoms with Crippen molar-refractivity contribution in [3.8, 4) is 0 Å². The van der Waals surface area contributed by atoms with Gasteiger partial charge in [-0.15, -0.1) is 0 Å². The van der Waals surface area contributed by atoms with Crippen molar-refractivity contribution < 1.29 is 0 Å². The molecule has 3 atom stereocenters. The van der Waals surface area contributed by atoms with Crippen LogP contribution in [0.25, 0.3) is 0 Å². The van der Waals surface area contributed by atoms with Crippen molar-refractivity contribution in [3.05, 3.63) is 12.2 Å². The van der Waals surface area contributed by atoms with Gasteiger partial charge in [0.25, 0.3) is 0 Å². The van der Waals surface area contributed by atoms with Gasteiger partial charge in [-0.1, -0.05) is 12.2 Å². The van der Waals surface area contributed by atoms with Gasteiger partial charge in [-0.3, -0.25) is 0 Å². The van der Waals surface area contributed by atoms with Crippen LogP contribution in [0.2, 0.25) is 0 Å². The Labute approximate surface area is 68.9 Å².